The van der Waals surface area contributed by atoms with Gasteiger partial charge in [-0.25, -0.2) is 5.84 Å². The number of hydrazine groups is 1. The first-order chi connectivity index (χ1) is 3.91. The van der Waals surface area contributed by atoms with Crippen molar-refractivity contribution in [1.82, 2.24) is 5.59 Å². The van der Waals surface area contributed by atoms with Gasteiger partial charge in [0.1, 0.15) is 0 Å². The summed E-state index contributed by atoms with van der Waals surface area (Å²) in [7, 11) is 0. The maximum absolute atomic E-state index is 4.71. The van der Waals surface area contributed by atoms with Crippen LogP contribution in [0.2, 0.25) is 0 Å². The summed E-state index contributed by atoms with van der Waals surface area (Å²) >= 11 is 2.69. The Labute approximate surface area is 57.9 Å². The van der Waals surface area contributed by atoms with Crippen molar-refractivity contribution >= 4 is 5.42 Å². The molecule has 0 aromatic rings. The van der Waals surface area contributed by atoms with Crippen LogP contribution in [0.4, 0.5) is 0 Å². The van der Waals surface area contributed by atoms with Crippen LogP contribution < -0.4 is 11.4 Å². The van der Waals surface area contributed by atoms with Gasteiger partial charge in [0.15, 0.2) is 0 Å². The molecule has 0 aliphatic rings. The fourth-order valence-corrected chi connectivity index (χ4v) is 0.131. The van der Waals surface area contributed by atoms with Crippen molar-refractivity contribution in [3.8, 4) is 0 Å². The van der Waals surface area contributed by atoms with Gasteiger partial charge in [-0.2, -0.15) is 6.42 Å². The molecule has 0 rings (SSSR count). The fourth-order valence-electron chi connectivity index (χ4n) is 0.131. The van der Waals surface area contributed by atoms with Crippen molar-refractivity contribution in [1.29, 1.82) is 0 Å². The molecule has 0 aromatic heterocycles. The first-order valence-corrected chi connectivity index (χ1v) is 2.88. The standard InChI is InChI=1S/C3H9N2O.CH2.Mn/c1-2-3-6-5-4;;/h5H,1-4H2;1H2;/q-1;;. The molecular weight excluding hydrogens is 147 g/mol. The van der Waals surface area contributed by atoms with Crippen LogP contribution in [0.25, 0.3) is 0 Å². The molecule has 0 spiro atoms. The number of nitrogens with two attached hydrogens (primary N) is 1. The van der Waals surface area contributed by atoms with Crippen LogP contribution in [-0.4, -0.2) is 12.0 Å². The second-order valence-corrected chi connectivity index (χ2v) is 0.820. The fraction of sp³-hybridized carbons (Fsp3) is 0.500. The summed E-state index contributed by atoms with van der Waals surface area (Å²) < 4.78 is 0. The van der Waals surface area contributed by atoms with Crippen LogP contribution in [0.3, 0.4) is 0 Å². The summed E-state index contributed by atoms with van der Waals surface area (Å²) in [6, 6.07) is 0. The molecule has 3 N–H and O–H groups in total. The zero-order valence-electron chi connectivity index (χ0n) is 4.69. The Morgan fingerprint density at radius 1 is 1.75 bits per heavy atom. The summed E-state index contributed by atoms with van der Waals surface area (Å²) in [5.41, 5.74) is 5.09. The summed E-state index contributed by atoms with van der Waals surface area (Å²) in [5, 5.41) is 0. The monoisotopic (exact) mass is 158 g/mol. The Hall–Kier alpha value is 0.269. The second kappa shape index (κ2) is 15.7. The normalized spacial score (nSPS) is 7.25. The quantitative estimate of drug-likeness (QED) is 0.192. The second-order valence-electron chi connectivity index (χ2n) is 0.820. The average Bonchev–Trinajstić information content (AvgIpc) is 1.88. The number of hydrogen-bond acceptors (Lipinski definition) is 3. The minimum atomic E-state index is 0.566. The van der Waals surface area contributed by atoms with Crippen LogP contribution in [0.15, 0.2) is 0 Å². The number of rotatable bonds is 3. The summed E-state index contributed by atoms with van der Waals surface area (Å²) in [5.74, 6) is 4.71. The molecule has 0 saturated carbocycles. The van der Waals surface area contributed by atoms with Gasteiger partial charge >= 0.3 is 21.0 Å². The van der Waals surface area contributed by atoms with Crippen LogP contribution >= 0.6 is 0 Å². The first kappa shape index (κ1) is 11.1. The Balaban J connectivity index is 0. The number of hydrogen-bond donors (Lipinski definition) is 2. The van der Waals surface area contributed by atoms with Crippen LogP contribution in [0.5, 0.6) is 0 Å². The summed E-state index contributed by atoms with van der Waals surface area (Å²) in [6.45, 7) is 4.07. The van der Waals surface area contributed by atoms with Crippen LogP contribution in [0.1, 0.15) is 6.42 Å². The topological polar surface area (TPSA) is 47.3 Å². The molecular formula is C4H11MnN2O-. The molecule has 0 saturated heterocycles. The van der Waals surface area contributed by atoms with Crippen molar-refractivity contribution < 1.29 is 20.4 Å². The van der Waals surface area contributed by atoms with Gasteiger partial charge in [-0.1, -0.05) is 0 Å². The van der Waals surface area contributed by atoms with Gasteiger partial charge in [-0.15, -0.1) is 5.59 Å². The predicted octanol–water partition coefficient (Wildman–Crippen LogP) is -0.429. The SMILES string of the molecule is [CH2-]CCONN.[CH2]=[Mn]. The molecule has 0 aliphatic carbocycles. The van der Waals surface area contributed by atoms with Crippen molar-refractivity contribution in [2.75, 3.05) is 6.61 Å². The molecule has 0 radical (unpaired) electrons. The Bertz CT molecular complexity index is 33.2. The average molecular weight is 158 g/mol. The van der Waals surface area contributed by atoms with Crippen molar-refractivity contribution in [3.05, 3.63) is 6.92 Å². The molecule has 0 atom stereocenters. The van der Waals surface area contributed by atoms with E-state index in [1.165, 1.54) is 0 Å². The predicted molar refractivity (Wildman–Crippen MR) is 30.4 cm³/mol. The maximum atomic E-state index is 4.71. The van der Waals surface area contributed by atoms with Gasteiger partial charge in [-0.3, -0.25) is 4.84 Å². The van der Waals surface area contributed by atoms with Gasteiger partial charge in [0.2, 0.25) is 0 Å². The third kappa shape index (κ3) is 16.3. The van der Waals surface area contributed by atoms with Crippen LogP contribution in [-0.2, 0) is 20.4 Å². The Morgan fingerprint density at radius 2 is 2.25 bits per heavy atom. The zero-order valence-corrected chi connectivity index (χ0v) is 5.87. The molecule has 0 aromatic carbocycles. The third-order valence-electron chi connectivity index (χ3n) is 0.330. The van der Waals surface area contributed by atoms with Crippen LogP contribution in [0, 0.1) is 6.92 Å². The van der Waals surface area contributed by atoms with E-state index in [9.17, 15) is 0 Å². The van der Waals surface area contributed by atoms with Crippen molar-refractivity contribution in [3.63, 3.8) is 0 Å². The van der Waals surface area contributed by atoms with Gasteiger partial charge in [-0.05, 0) is 0 Å². The summed E-state index contributed by atoms with van der Waals surface area (Å²) in [4.78, 5) is 4.45. The van der Waals surface area contributed by atoms with E-state index in [0.717, 1.165) is 6.42 Å². The molecule has 8 heavy (non-hydrogen) atoms. The van der Waals surface area contributed by atoms with E-state index in [2.05, 4.69) is 32.8 Å². The van der Waals surface area contributed by atoms with Gasteiger partial charge in [0.05, 0.1) is 0 Å². The van der Waals surface area contributed by atoms with E-state index in [0.29, 0.717) is 6.61 Å². The molecule has 0 aliphatic heterocycles. The third-order valence-corrected chi connectivity index (χ3v) is 0.330. The molecule has 0 unspecified atom stereocenters. The first-order valence-electron chi connectivity index (χ1n) is 2.05. The van der Waals surface area contributed by atoms with E-state index < -0.39 is 0 Å². The molecule has 0 heterocycles. The van der Waals surface area contributed by atoms with Gasteiger partial charge < -0.3 is 6.92 Å². The molecule has 3 nitrogen and oxygen atoms in total. The van der Waals surface area contributed by atoms with Crippen molar-refractivity contribution in [2.24, 2.45) is 5.84 Å². The zero-order chi connectivity index (χ0) is 6.83. The van der Waals surface area contributed by atoms with E-state index in [1.807, 2.05) is 5.59 Å². The Morgan fingerprint density at radius 3 is 2.38 bits per heavy atom. The molecule has 51 valence electrons. The minimum absolute atomic E-state index is 0.566. The Kier molecular flexibility index (Phi) is 21.8. The molecule has 0 amide bonds. The van der Waals surface area contributed by atoms with E-state index in [4.69, 9.17) is 5.84 Å². The number of nitrogens with one attached hydrogen (secondary N) is 1. The summed E-state index contributed by atoms with van der Waals surface area (Å²) in [6.07, 6.45) is 0.740. The van der Waals surface area contributed by atoms with E-state index in [-0.39, 0.29) is 0 Å². The van der Waals surface area contributed by atoms with E-state index in [1.54, 1.807) is 0 Å². The van der Waals surface area contributed by atoms with Gasteiger partial charge in [0, 0.05) is 6.61 Å². The molecule has 4 heteroatoms. The van der Waals surface area contributed by atoms with Gasteiger partial charge in [0.25, 0.3) is 0 Å². The molecule has 0 bridgehead atoms. The molecule has 0 fully saturated rings. The van der Waals surface area contributed by atoms with E-state index >= 15 is 0 Å². The van der Waals surface area contributed by atoms with Crippen molar-refractivity contribution in [2.45, 2.75) is 6.42 Å².